The van der Waals surface area contributed by atoms with E-state index in [2.05, 4.69) is 0 Å². The summed E-state index contributed by atoms with van der Waals surface area (Å²) in [7, 11) is 0. The van der Waals surface area contributed by atoms with E-state index in [4.69, 9.17) is 23.2 Å². The minimum Gasteiger partial charge on any atom is -0.479 e. The number of halogens is 2. The maximum absolute atomic E-state index is 12.5. The largest absolute Gasteiger partial charge is 0.479 e. The first-order valence-corrected chi connectivity index (χ1v) is 7.64. The van der Waals surface area contributed by atoms with Gasteiger partial charge in [-0.25, -0.2) is 4.79 Å². The van der Waals surface area contributed by atoms with E-state index in [1.165, 1.54) is 4.90 Å². The number of amides is 1. The third-order valence-electron chi connectivity index (χ3n) is 4.11. The molecule has 1 unspecified atom stereocenters. The van der Waals surface area contributed by atoms with Gasteiger partial charge in [0.1, 0.15) is 5.54 Å². The highest BCUT2D eigenvalue weighted by atomic mass is 35.5. The zero-order chi connectivity index (χ0) is 15.6. The lowest BCUT2D eigenvalue weighted by Crippen LogP contribution is -2.53. The zero-order valence-corrected chi connectivity index (χ0v) is 13.2. The second-order valence-corrected chi connectivity index (χ2v) is 6.08. The second-order valence-electron chi connectivity index (χ2n) is 5.26. The van der Waals surface area contributed by atoms with Crippen LogP contribution in [-0.4, -0.2) is 34.0 Å². The van der Waals surface area contributed by atoms with Crippen molar-refractivity contribution in [2.75, 3.05) is 6.54 Å². The number of nitrogens with zero attached hydrogens (tertiary/aromatic N) is 1. The number of hydrogen-bond acceptors (Lipinski definition) is 2. The first kappa shape index (κ1) is 16.1. The standard InChI is InChI=1S/C15H17Cl2NO3/c1-2-15(14(20)21)6-3-7-18(15)13(19)9-10-4-5-11(16)12(17)8-10/h4-5,8H,2-3,6-7,9H2,1H3,(H,20,21). The minimum absolute atomic E-state index is 0.131. The summed E-state index contributed by atoms with van der Waals surface area (Å²) >= 11 is 11.8. The summed E-state index contributed by atoms with van der Waals surface area (Å²) in [6, 6.07) is 5.02. The third-order valence-corrected chi connectivity index (χ3v) is 4.85. The predicted octanol–water partition coefficient (Wildman–Crippen LogP) is 3.39. The highest BCUT2D eigenvalue weighted by Crippen LogP contribution is 2.33. The Morgan fingerprint density at radius 1 is 1.33 bits per heavy atom. The molecule has 0 bridgehead atoms. The topological polar surface area (TPSA) is 57.6 Å². The highest BCUT2D eigenvalue weighted by molar-refractivity contribution is 6.42. The summed E-state index contributed by atoms with van der Waals surface area (Å²) in [5, 5.41) is 10.3. The molecular weight excluding hydrogens is 313 g/mol. The van der Waals surface area contributed by atoms with Gasteiger partial charge >= 0.3 is 5.97 Å². The van der Waals surface area contributed by atoms with Crippen LogP contribution >= 0.6 is 23.2 Å². The molecule has 1 amide bonds. The number of carbonyl (C=O) groups excluding carboxylic acids is 1. The summed E-state index contributed by atoms with van der Waals surface area (Å²) < 4.78 is 0. The fourth-order valence-corrected chi connectivity index (χ4v) is 3.22. The molecule has 0 aromatic heterocycles. The number of aliphatic carboxylic acids is 1. The van der Waals surface area contributed by atoms with Gasteiger partial charge in [0.2, 0.25) is 5.91 Å². The van der Waals surface area contributed by atoms with Crippen LogP contribution in [0.5, 0.6) is 0 Å². The molecule has 1 aromatic rings. The van der Waals surface area contributed by atoms with Gasteiger partial charge in [-0.3, -0.25) is 4.79 Å². The van der Waals surface area contributed by atoms with Gasteiger partial charge in [-0.05, 0) is 37.0 Å². The Morgan fingerprint density at radius 3 is 2.62 bits per heavy atom. The van der Waals surface area contributed by atoms with E-state index in [9.17, 15) is 14.7 Å². The third kappa shape index (κ3) is 3.01. The highest BCUT2D eigenvalue weighted by Gasteiger charge is 2.48. The summed E-state index contributed by atoms with van der Waals surface area (Å²) in [5.41, 5.74) is -0.329. The van der Waals surface area contributed by atoms with E-state index in [0.29, 0.717) is 35.9 Å². The van der Waals surface area contributed by atoms with Crippen molar-refractivity contribution in [1.82, 2.24) is 4.90 Å². The number of carbonyl (C=O) groups is 2. The fourth-order valence-electron chi connectivity index (χ4n) is 2.90. The van der Waals surface area contributed by atoms with Gasteiger partial charge in [0, 0.05) is 6.54 Å². The van der Waals surface area contributed by atoms with Crippen molar-refractivity contribution in [1.29, 1.82) is 0 Å². The molecule has 1 atom stereocenters. The van der Waals surface area contributed by atoms with Crippen LogP contribution in [0.3, 0.4) is 0 Å². The molecule has 0 aliphatic carbocycles. The van der Waals surface area contributed by atoms with Crippen LogP contribution < -0.4 is 0 Å². The van der Waals surface area contributed by atoms with Crippen LogP contribution in [0.4, 0.5) is 0 Å². The quantitative estimate of drug-likeness (QED) is 0.921. The smallest absolute Gasteiger partial charge is 0.329 e. The van der Waals surface area contributed by atoms with Gasteiger partial charge in [-0.2, -0.15) is 0 Å². The van der Waals surface area contributed by atoms with Gasteiger partial charge in [-0.15, -0.1) is 0 Å². The molecule has 1 aliphatic heterocycles. The van der Waals surface area contributed by atoms with Crippen molar-refractivity contribution in [3.63, 3.8) is 0 Å². The molecule has 1 aliphatic rings. The Labute approximate surface area is 133 Å². The van der Waals surface area contributed by atoms with Gasteiger partial charge in [0.25, 0.3) is 0 Å². The summed E-state index contributed by atoms with van der Waals surface area (Å²) in [5.74, 6) is -1.11. The van der Waals surface area contributed by atoms with Crippen LogP contribution in [0.2, 0.25) is 10.0 Å². The minimum atomic E-state index is -1.06. The van der Waals surface area contributed by atoms with E-state index in [-0.39, 0.29) is 12.3 Å². The molecular formula is C15H17Cl2NO3. The maximum atomic E-state index is 12.5. The maximum Gasteiger partial charge on any atom is 0.329 e. The van der Waals surface area contributed by atoms with Crippen molar-refractivity contribution in [3.8, 4) is 0 Å². The predicted molar refractivity (Wildman–Crippen MR) is 81.8 cm³/mol. The second kappa shape index (κ2) is 6.24. The number of carboxylic acids is 1. The van der Waals surface area contributed by atoms with E-state index in [0.717, 1.165) is 5.56 Å². The molecule has 1 heterocycles. The zero-order valence-electron chi connectivity index (χ0n) is 11.7. The molecule has 4 nitrogen and oxygen atoms in total. The van der Waals surface area contributed by atoms with Crippen LogP contribution in [-0.2, 0) is 16.0 Å². The Kier molecular flexibility index (Phi) is 4.79. The summed E-state index contributed by atoms with van der Waals surface area (Å²) in [6.07, 6.45) is 1.76. The molecule has 1 saturated heterocycles. The van der Waals surface area contributed by atoms with E-state index < -0.39 is 11.5 Å². The van der Waals surface area contributed by atoms with Crippen molar-refractivity contribution >= 4 is 35.1 Å². The lowest BCUT2D eigenvalue weighted by molar-refractivity contribution is -0.156. The Balaban J connectivity index is 2.19. The Bertz CT molecular complexity index is 576. The fraction of sp³-hybridized carbons (Fsp3) is 0.467. The molecule has 1 N–H and O–H groups in total. The summed E-state index contributed by atoms with van der Waals surface area (Å²) in [4.78, 5) is 25.6. The molecule has 21 heavy (non-hydrogen) atoms. The average Bonchev–Trinajstić information content (AvgIpc) is 2.88. The molecule has 0 saturated carbocycles. The molecule has 6 heteroatoms. The Morgan fingerprint density at radius 2 is 2.05 bits per heavy atom. The number of carboxylic acid groups (broad SMARTS) is 1. The lowest BCUT2D eigenvalue weighted by atomic mass is 9.92. The number of hydrogen-bond donors (Lipinski definition) is 1. The lowest BCUT2D eigenvalue weighted by Gasteiger charge is -2.34. The summed E-state index contributed by atoms with van der Waals surface area (Å²) in [6.45, 7) is 2.29. The van der Waals surface area contributed by atoms with E-state index in [1.807, 2.05) is 0 Å². The van der Waals surface area contributed by atoms with Gasteiger partial charge in [-0.1, -0.05) is 36.2 Å². The first-order valence-electron chi connectivity index (χ1n) is 6.88. The van der Waals surface area contributed by atoms with E-state index in [1.54, 1.807) is 25.1 Å². The first-order chi connectivity index (χ1) is 9.90. The van der Waals surface area contributed by atoms with Gasteiger partial charge in [0.05, 0.1) is 16.5 Å². The normalized spacial score (nSPS) is 21.6. The number of rotatable bonds is 4. The van der Waals surface area contributed by atoms with Crippen LogP contribution in [0, 0.1) is 0 Å². The van der Waals surface area contributed by atoms with Crippen LogP contribution in [0.15, 0.2) is 18.2 Å². The molecule has 114 valence electrons. The SMILES string of the molecule is CCC1(C(=O)O)CCCN1C(=O)Cc1ccc(Cl)c(Cl)c1. The molecule has 0 spiro atoms. The molecule has 1 fully saturated rings. The van der Waals surface area contributed by atoms with Crippen molar-refractivity contribution < 1.29 is 14.7 Å². The average molecular weight is 330 g/mol. The Hall–Kier alpha value is -1.26. The molecule has 1 aromatic carbocycles. The van der Waals surface area contributed by atoms with E-state index >= 15 is 0 Å². The van der Waals surface area contributed by atoms with Gasteiger partial charge in [0.15, 0.2) is 0 Å². The number of likely N-dealkylation sites (tertiary alicyclic amines) is 1. The monoisotopic (exact) mass is 329 g/mol. The van der Waals surface area contributed by atoms with Crippen molar-refractivity contribution in [2.24, 2.45) is 0 Å². The molecule has 0 radical (unpaired) electrons. The van der Waals surface area contributed by atoms with Crippen LogP contribution in [0.25, 0.3) is 0 Å². The molecule has 2 rings (SSSR count). The number of benzene rings is 1. The van der Waals surface area contributed by atoms with Crippen molar-refractivity contribution in [3.05, 3.63) is 33.8 Å². The van der Waals surface area contributed by atoms with Crippen LogP contribution in [0.1, 0.15) is 31.7 Å². The van der Waals surface area contributed by atoms with Crippen molar-refractivity contribution in [2.45, 2.75) is 38.1 Å². The van der Waals surface area contributed by atoms with Gasteiger partial charge < -0.3 is 10.0 Å².